The maximum absolute atomic E-state index is 5.24. The van der Waals surface area contributed by atoms with Gasteiger partial charge in [0.1, 0.15) is 0 Å². The van der Waals surface area contributed by atoms with Crippen LogP contribution in [0.25, 0.3) is 0 Å². The Morgan fingerprint density at radius 3 is 2.69 bits per heavy atom. The van der Waals surface area contributed by atoms with Gasteiger partial charge in [0.25, 0.3) is 0 Å². The Morgan fingerprint density at radius 1 is 1.44 bits per heavy atom. The number of nitrogens with zero attached hydrogens (tertiary/aromatic N) is 1. The molecular formula is C13H24N2O. The van der Waals surface area contributed by atoms with Gasteiger partial charge in [0.2, 0.25) is 0 Å². The molecule has 1 N–H and O–H groups in total. The van der Waals surface area contributed by atoms with E-state index in [1.165, 1.54) is 5.56 Å². The van der Waals surface area contributed by atoms with E-state index in [2.05, 4.69) is 56.0 Å². The zero-order valence-electron chi connectivity index (χ0n) is 11.1. The molecule has 1 aromatic rings. The molecule has 0 bridgehead atoms. The summed E-state index contributed by atoms with van der Waals surface area (Å²) in [6, 6.07) is 2.15. The maximum atomic E-state index is 5.24. The monoisotopic (exact) mass is 224 g/mol. The lowest BCUT2D eigenvalue weighted by Crippen LogP contribution is -2.34. The number of rotatable bonds is 5. The van der Waals surface area contributed by atoms with E-state index in [1.54, 1.807) is 7.11 Å². The summed E-state index contributed by atoms with van der Waals surface area (Å²) in [7, 11) is 1.75. The second-order valence-corrected chi connectivity index (χ2v) is 5.37. The lowest BCUT2D eigenvalue weighted by Gasteiger charge is -2.19. The highest BCUT2D eigenvalue weighted by molar-refractivity contribution is 5.10. The fourth-order valence-electron chi connectivity index (χ4n) is 1.45. The molecular weight excluding hydrogens is 200 g/mol. The van der Waals surface area contributed by atoms with Crippen molar-refractivity contribution in [1.82, 2.24) is 9.88 Å². The average molecular weight is 224 g/mol. The van der Waals surface area contributed by atoms with Crippen molar-refractivity contribution in [1.29, 1.82) is 0 Å². The van der Waals surface area contributed by atoms with Crippen LogP contribution in [-0.4, -0.2) is 23.3 Å². The summed E-state index contributed by atoms with van der Waals surface area (Å²) in [6.07, 6.45) is 4.54. The van der Waals surface area contributed by atoms with Crippen LogP contribution in [0.4, 0.5) is 0 Å². The highest BCUT2D eigenvalue weighted by Crippen LogP contribution is 2.06. The molecule has 16 heavy (non-hydrogen) atoms. The van der Waals surface area contributed by atoms with Crippen LogP contribution in [0.3, 0.4) is 0 Å². The molecule has 0 radical (unpaired) electrons. The molecule has 1 heterocycles. The highest BCUT2D eigenvalue weighted by Gasteiger charge is 2.09. The Hall–Kier alpha value is -0.800. The van der Waals surface area contributed by atoms with Gasteiger partial charge < -0.3 is 14.6 Å². The maximum Gasteiger partial charge on any atom is 0.0721 e. The SMILES string of the molecule is COC(C)Cn1ccc(CNC(C)(C)C)c1. The van der Waals surface area contributed by atoms with Crippen LogP contribution in [0.1, 0.15) is 33.3 Å². The molecule has 0 aliphatic heterocycles. The molecule has 0 spiro atoms. The minimum Gasteiger partial charge on any atom is -0.380 e. The van der Waals surface area contributed by atoms with Crippen LogP contribution >= 0.6 is 0 Å². The van der Waals surface area contributed by atoms with Crippen LogP contribution in [0, 0.1) is 0 Å². The Labute approximate surface area is 98.8 Å². The smallest absolute Gasteiger partial charge is 0.0721 e. The van der Waals surface area contributed by atoms with Gasteiger partial charge in [-0.05, 0) is 39.3 Å². The third-order valence-electron chi connectivity index (χ3n) is 2.50. The molecule has 1 unspecified atom stereocenters. The molecule has 0 saturated carbocycles. The van der Waals surface area contributed by atoms with E-state index in [1.807, 2.05) is 0 Å². The molecule has 3 heteroatoms. The number of methoxy groups -OCH3 is 1. The van der Waals surface area contributed by atoms with Crippen molar-refractivity contribution in [2.45, 2.75) is 52.4 Å². The summed E-state index contributed by atoms with van der Waals surface area (Å²) in [5, 5.41) is 3.47. The average Bonchev–Trinajstić information content (AvgIpc) is 2.61. The number of hydrogen-bond acceptors (Lipinski definition) is 2. The fraction of sp³-hybridized carbons (Fsp3) is 0.692. The zero-order valence-corrected chi connectivity index (χ0v) is 11.1. The van der Waals surface area contributed by atoms with Crippen molar-refractivity contribution in [3.05, 3.63) is 24.0 Å². The lowest BCUT2D eigenvalue weighted by molar-refractivity contribution is 0.103. The van der Waals surface area contributed by atoms with Gasteiger partial charge in [-0.1, -0.05) is 0 Å². The number of ether oxygens (including phenoxy) is 1. The summed E-state index contributed by atoms with van der Waals surface area (Å²) in [5.74, 6) is 0. The number of hydrogen-bond donors (Lipinski definition) is 1. The molecule has 0 fully saturated rings. The standard InChI is InChI=1S/C13H24N2O/c1-11(16-5)9-15-7-6-12(10-15)8-14-13(2,3)4/h6-7,10-11,14H,8-9H2,1-5H3. The van der Waals surface area contributed by atoms with Gasteiger partial charge in [0.15, 0.2) is 0 Å². The molecule has 0 aliphatic carbocycles. The van der Waals surface area contributed by atoms with Gasteiger partial charge in [0.05, 0.1) is 6.10 Å². The Kier molecular flexibility index (Phi) is 4.56. The quantitative estimate of drug-likeness (QED) is 0.831. The predicted molar refractivity (Wildman–Crippen MR) is 67.5 cm³/mol. The first-order valence-electron chi connectivity index (χ1n) is 5.83. The Morgan fingerprint density at radius 2 is 2.12 bits per heavy atom. The fourth-order valence-corrected chi connectivity index (χ4v) is 1.45. The van der Waals surface area contributed by atoms with Crippen molar-refractivity contribution in [2.75, 3.05) is 7.11 Å². The van der Waals surface area contributed by atoms with E-state index in [0.29, 0.717) is 0 Å². The molecule has 0 aliphatic rings. The van der Waals surface area contributed by atoms with Crippen LogP contribution in [0.2, 0.25) is 0 Å². The lowest BCUT2D eigenvalue weighted by atomic mass is 10.1. The molecule has 1 aromatic heterocycles. The largest absolute Gasteiger partial charge is 0.380 e. The van der Waals surface area contributed by atoms with E-state index in [9.17, 15) is 0 Å². The summed E-state index contributed by atoms with van der Waals surface area (Å²) in [6.45, 7) is 10.4. The normalized spacial score (nSPS) is 14.1. The van der Waals surface area contributed by atoms with Crippen molar-refractivity contribution in [3.63, 3.8) is 0 Å². The summed E-state index contributed by atoms with van der Waals surface area (Å²) < 4.78 is 7.42. The minimum atomic E-state index is 0.169. The first-order valence-corrected chi connectivity index (χ1v) is 5.83. The van der Waals surface area contributed by atoms with Crippen molar-refractivity contribution >= 4 is 0 Å². The summed E-state index contributed by atoms with van der Waals surface area (Å²) in [4.78, 5) is 0. The second kappa shape index (κ2) is 5.51. The number of nitrogens with one attached hydrogen (secondary N) is 1. The van der Waals surface area contributed by atoms with Crippen molar-refractivity contribution in [2.24, 2.45) is 0 Å². The second-order valence-electron chi connectivity index (χ2n) is 5.37. The first-order chi connectivity index (χ1) is 7.40. The third-order valence-corrected chi connectivity index (χ3v) is 2.50. The van der Waals surface area contributed by atoms with Crippen molar-refractivity contribution in [3.8, 4) is 0 Å². The minimum absolute atomic E-state index is 0.169. The van der Waals surface area contributed by atoms with Gasteiger partial charge in [-0.3, -0.25) is 0 Å². The number of aromatic nitrogens is 1. The Bertz CT molecular complexity index is 312. The molecule has 1 rings (SSSR count). The van der Waals surface area contributed by atoms with Gasteiger partial charge >= 0.3 is 0 Å². The predicted octanol–water partition coefficient (Wildman–Crippen LogP) is 2.41. The molecule has 1 atom stereocenters. The van der Waals surface area contributed by atoms with E-state index in [4.69, 9.17) is 4.74 Å². The van der Waals surface area contributed by atoms with E-state index < -0.39 is 0 Å². The molecule has 0 amide bonds. The molecule has 0 saturated heterocycles. The summed E-state index contributed by atoms with van der Waals surface area (Å²) >= 11 is 0. The molecule has 3 nitrogen and oxygen atoms in total. The first kappa shape index (κ1) is 13.3. The van der Waals surface area contributed by atoms with E-state index >= 15 is 0 Å². The van der Waals surface area contributed by atoms with Crippen LogP contribution in [0.15, 0.2) is 18.5 Å². The van der Waals surface area contributed by atoms with Crippen molar-refractivity contribution < 1.29 is 4.74 Å². The zero-order chi connectivity index (χ0) is 12.2. The Balaban J connectivity index is 2.45. The van der Waals surface area contributed by atoms with Crippen LogP contribution in [-0.2, 0) is 17.8 Å². The van der Waals surface area contributed by atoms with Gasteiger partial charge in [-0.2, -0.15) is 0 Å². The molecule has 92 valence electrons. The van der Waals surface area contributed by atoms with Gasteiger partial charge in [-0.15, -0.1) is 0 Å². The highest BCUT2D eigenvalue weighted by atomic mass is 16.5. The molecule has 0 aromatic carbocycles. The third kappa shape index (κ3) is 4.81. The van der Waals surface area contributed by atoms with E-state index in [0.717, 1.165) is 13.1 Å². The van der Waals surface area contributed by atoms with Gasteiger partial charge in [0, 0.05) is 38.1 Å². The topological polar surface area (TPSA) is 26.2 Å². The van der Waals surface area contributed by atoms with E-state index in [-0.39, 0.29) is 11.6 Å². The summed E-state index contributed by atoms with van der Waals surface area (Å²) in [5.41, 5.74) is 1.49. The van der Waals surface area contributed by atoms with Gasteiger partial charge in [-0.25, -0.2) is 0 Å². The van der Waals surface area contributed by atoms with Crippen LogP contribution < -0.4 is 5.32 Å². The van der Waals surface area contributed by atoms with Crippen LogP contribution in [0.5, 0.6) is 0 Å².